The van der Waals surface area contributed by atoms with Gasteiger partial charge in [-0.05, 0) is 31.5 Å². The van der Waals surface area contributed by atoms with Crippen LogP contribution in [0.4, 0.5) is 0 Å². The fourth-order valence-electron chi connectivity index (χ4n) is 2.53. The van der Waals surface area contributed by atoms with E-state index in [1.807, 2.05) is 47.8 Å². The van der Waals surface area contributed by atoms with Crippen molar-refractivity contribution in [3.8, 4) is 16.3 Å². The average molecular weight is 366 g/mol. The number of aromatic nitrogens is 1. The lowest BCUT2D eigenvalue weighted by atomic mass is 10.1. The summed E-state index contributed by atoms with van der Waals surface area (Å²) in [6.45, 7) is 3.24. The Morgan fingerprint density at radius 3 is 2.81 bits per heavy atom. The van der Waals surface area contributed by atoms with Crippen molar-refractivity contribution in [3.05, 3.63) is 71.2 Å². The van der Waals surface area contributed by atoms with Gasteiger partial charge < -0.3 is 10.1 Å². The molecule has 0 fully saturated rings. The van der Waals surface area contributed by atoms with Gasteiger partial charge in [0, 0.05) is 17.5 Å². The third-order valence-electron chi connectivity index (χ3n) is 3.81. The van der Waals surface area contributed by atoms with Crippen LogP contribution >= 0.6 is 11.3 Å². The molecule has 0 atom stereocenters. The lowest BCUT2D eigenvalue weighted by Gasteiger charge is -2.06. The second-order valence-electron chi connectivity index (χ2n) is 6.06. The predicted octanol–water partition coefficient (Wildman–Crippen LogP) is 4.25. The topological polar surface area (TPSA) is 51.2 Å². The lowest BCUT2D eigenvalue weighted by Crippen LogP contribution is -2.27. The number of rotatable bonds is 8. The van der Waals surface area contributed by atoms with Crippen LogP contribution in [0.15, 0.2) is 60.0 Å². The summed E-state index contributed by atoms with van der Waals surface area (Å²) in [6.07, 6.45) is 1.08. The number of ether oxygens (including phenoxy) is 1. The van der Waals surface area contributed by atoms with Gasteiger partial charge >= 0.3 is 0 Å². The van der Waals surface area contributed by atoms with E-state index in [1.54, 1.807) is 11.3 Å². The molecule has 0 saturated carbocycles. The number of carbonyl (C=O) groups is 1. The molecule has 1 N–H and O–H groups in total. The van der Waals surface area contributed by atoms with Gasteiger partial charge in [0.25, 0.3) is 0 Å². The molecule has 3 aromatic rings. The van der Waals surface area contributed by atoms with Crippen molar-refractivity contribution in [2.75, 3.05) is 13.2 Å². The molecule has 1 heterocycles. The van der Waals surface area contributed by atoms with Crippen LogP contribution in [0.2, 0.25) is 0 Å². The molecule has 26 heavy (non-hydrogen) atoms. The fourth-order valence-corrected chi connectivity index (χ4v) is 3.35. The zero-order chi connectivity index (χ0) is 18.2. The van der Waals surface area contributed by atoms with E-state index in [9.17, 15) is 4.79 Å². The van der Waals surface area contributed by atoms with Gasteiger partial charge in [0.1, 0.15) is 10.8 Å². The highest BCUT2D eigenvalue weighted by Crippen LogP contribution is 2.24. The summed E-state index contributed by atoms with van der Waals surface area (Å²) < 4.78 is 5.61. The maximum atomic E-state index is 12.1. The van der Waals surface area contributed by atoms with Gasteiger partial charge in [0.15, 0.2) is 0 Å². The second-order valence-corrected chi connectivity index (χ2v) is 6.91. The van der Waals surface area contributed by atoms with Crippen LogP contribution in [0.1, 0.15) is 17.7 Å². The number of carbonyl (C=O) groups excluding carboxylic acids is 1. The second kappa shape index (κ2) is 9.15. The Balaban J connectivity index is 1.40. The van der Waals surface area contributed by atoms with Crippen LogP contribution < -0.4 is 10.1 Å². The first-order chi connectivity index (χ1) is 12.7. The third-order valence-corrected chi connectivity index (χ3v) is 4.75. The molecule has 0 unspecified atom stereocenters. The number of aryl methyl sites for hydroxylation is 1. The van der Waals surface area contributed by atoms with E-state index in [-0.39, 0.29) is 5.91 Å². The van der Waals surface area contributed by atoms with E-state index in [1.165, 1.54) is 5.56 Å². The molecule has 1 aromatic heterocycles. The first-order valence-electron chi connectivity index (χ1n) is 8.67. The van der Waals surface area contributed by atoms with Crippen LogP contribution in [0, 0.1) is 6.92 Å². The summed E-state index contributed by atoms with van der Waals surface area (Å²) in [4.78, 5) is 16.6. The number of hydrogen-bond acceptors (Lipinski definition) is 4. The Kier molecular flexibility index (Phi) is 6.39. The zero-order valence-corrected chi connectivity index (χ0v) is 15.6. The normalized spacial score (nSPS) is 10.5. The molecule has 0 radical (unpaired) electrons. The van der Waals surface area contributed by atoms with E-state index in [2.05, 4.69) is 29.4 Å². The highest BCUT2D eigenvalue weighted by atomic mass is 32.1. The van der Waals surface area contributed by atoms with Gasteiger partial charge in [0.2, 0.25) is 5.91 Å². The first kappa shape index (κ1) is 18.1. The summed E-state index contributed by atoms with van der Waals surface area (Å²) in [5, 5.41) is 5.83. The smallest absolute Gasteiger partial charge is 0.226 e. The standard InChI is InChI=1S/C21H22N2O2S/c1-16-7-5-8-17(13-16)21-23-18(15-26-21)14-20(24)22-11-6-12-25-19-9-3-2-4-10-19/h2-5,7-10,13,15H,6,11-12,14H2,1H3,(H,22,24). The zero-order valence-electron chi connectivity index (χ0n) is 14.8. The summed E-state index contributed by atoms with van der Waals surface area (Å²) in [6, 6.07) is 17.9. The number of hydrogen-bond donors (Lipinski definition) is 1. The Labute approximate surface area is 157 Å². The molecule has 0 bridgehead atoms. The van der Waals surface area contributed by atoms with Crippen molar-refractivity contribution < 1.29 is 9.53 Å². The number of thiazole rings is 1. The highest BCUT2D eigenvalue weighted by molar-refractivity contribution is 7.13. The van der Waals surface area contributed by atoms with Crippen molar-refractivity contribution in [2.45, 2.75) is 19.8 Å². The van der Waals surface area contributed by atoms with Crippen LogP contribution in [-0.4, -0.2) is 24.0 Å². The van der Waals surface area contributed by atoms with Gasteiger partial charge in [-0.1, -0.05) is 42.0 Å². The molecule has 0 aliphatic rings. The van der Waals surface area contributed by atoms with Gasteiger partial charge in [-0.15, -0.1) is 11.3 Å². The molecular formula is C21H22N2O2S. The maximum Gasteiger partial charge on any atom is 0.226 e. The highest BCUT2D eigenvalue weighted by Gasteiger charge is 2.09. The molecule has 0 aliphatic carbocycles. The van der Waals surface area contributed by atoms with E-state index in [0.717, 1.165) is 28.4 Å². The van der Waals surface area contributed by atoms with E-state index < -0.39 is 0 Å². The number of para-hydroxylation sites is 1. The lowest BCUT2D eigenvalue weighted by molar-refractivity contribution is -0.120. The van der Waals surface area contributed by atoms with Crippen LogP contribution in [0.3, 0.4) is 0 Å². The molecule has 0 saturated heterocycles. The van der Waals surface area contributed by atoms with Crippen molar-refractivity contribution in [3.63, 3.8) is 0 Å². The third kappa shape index (κ3) is 5.43. The minimum absolute atomic E-state index is 0.00852. The maximum absolute atomic E-state index is 12.1. The first-order valence-corrected chi connectivity index (χ1v) is 9.55. The largest absolute Gasteiger partial charge is 0.494 e. The van der Waals surface area contributed by atoms with Crippen LogP contribution in [0.5, 0.6) is 5.75 Å². The van der Waals surface area contributed by atoms with Crippen molar-refractivity contribution in [1.82, 2.24) is 10.3 Å². The molecule has 0 aliphatic heterocycles. The molecule has 0 spiro atoms. The van der Waals surface area contributed by atoms with Gasteiger partial charge in [-0.25, -0.2) is 4.98 Å². The minimum Gasteiger partial charge on any atom is -0.494 e. The Bertz CT molecular complexity index is 846. The molecule has 1 amide bonds. The Morgan fingerprint density at radius 2 is 2.00 bits per heavy atom. The van der Waals surface area contributed by atoms with Crippen LogP contribution in [-0.2, 0) is 11.2 Å². The molecular weight excluding hydrogens is 344 g/mol. The molecule has 134 valence electrons. The van der Waals surface area contributed by atoms with Crippen molar-refractivity contribution in [2.24, 2.45) is 0 Å². The predicted molar refractivity (Wildman–Crippen MR) is 106 cm³/mol. The van der Waals surface area contributed by atoms with Gasteiger partial charge in [-0.2, -0.15) is 0 Å². The number of benzene rings is 2. The number of nitrogens with one attached hydrogen (secondary N) is 1. The number of amides is 1. The minimum atomic E-state index is -0.00852. The monoisotopic (exact) mass is 366 g/mol. The van der Waals surface area contributed by atoms with Gasteiger partial charge in [0.05, 0.1) is 18.7 Å². The summed E-state index contributed by atoms with van der Waals surface area (Å²) in [7, 11) is 0. The van der Waals surface area contributed by atoms with E-state index >= 15 is 0 Å². The fraction of sp³-hybridized carbons (Fsp3) is 0.238. The molecule has 4 nitrogen and oxygen atoms in total. The molecule has 3 rings (SSSR count). The molecule has 5 heteroatoms. The van der Waals surface area contributed by atoms with Crippen LogP contribution in [0.25, 0.3) is 10.6 Å². The quantitative estimate of drug-likeness (QED) is 0.607. The summed E-state index contributed by atoms with van der Waals surface area (Å²) in [5.41, 5.74) is 3.11. The van der Waals surface area contributed by atoms with Gasteiger partial charge in [-0.3, -0.25) is 4.79 Å². The van der Waals surface area contributed by atoms with E-state index in [0.29, 0.717) is 19.6 Å². The van der Waals surface area contributed by atoms with Crippen molar-refractivity contribution in [1.29, 1.82) is 0 Å². The Hall–Kier alpha value is -2.66. The van der Waals surface area contributed by atoms with Crippen molar-refractivity contribution >= 4 is 17.2 Å². The average Bonchev–Trinajstić information content (AvgIpc) is 3.11. The Morgan fingerprint density at radius 1 is 1.15 bits per heavy atom. The SMILES string of the molecule is Cc1cccc(-c2nc(CC(=O)NCCCOc3ccccc3)cs2)c1. The van der Waals surface area contributed by atoms with E-state index in [4.69, 9.17) is 4.74 Å². The summed E-state index contributed by atoms with van der Waals surface area (Å²) in [5.74, 6) is 0.843. The molecule has 2 aromatic carbocycles. The number of nitrogens with zero attached hydrogens (tertiary/aromatic N) is 1. The summed E-state index contributed by atoms with van der Waals surface area (Å²) >= 11 is 1.57.